The fourth-order valence-electron chi connectivity index (χ4n) is 2.54. The van der Waals surface area contributed by atoms with Gasteiger partial charge < -0.3 is 0 Å². The summed E-state index contributed by atoms with van der Waals surface area (Å²) < 4.78 is 28.3. The Bertz CT molecular complexity index is 1140. The summed E-state index contributed by atoms with van der Waals surface area (Å²) in [4.78, 5) is 12.7. The van der Waals surface area contributed by atoms with Crippen LogP contribution >= 0.6 is 34.7 Å². The molecule has 0 atom stereocenters. The third-order valence-corrected chi connectivity index (χ3v) is 7.98. The van der Waals surface area contributed by atoms with Gasteiger partial charge in [-0.2, -0.15) is 4.31 Å². The number of carbonyl (C=O) groups excluding carboxylic acids is 1. The number of hydrogen-bond donors (Lipinski definition) is 1. The minimum absolute atomic E-state index is 0.0375. The van der Waals surface area contributed by atoms with Crippen molar-refractivity contribution >= 4 is 55.8 Å². The smallest absolute Gasteiger partial charge is 0.243 e. The highest BCUT2D eigenvalue weighted by Crippen LogP contribution is 2.26. The molecule has 0 spiro atoms. The van der Waals surface area contributed by atoms with E-state index in [-0.39, 0.29) is 18.0 Å². The highest BCUT2D eigenvalue weighted by Gasteiger charge is 2.27. The molecule has 0 saturated heterocycles. The molecule has 1 aromatic heterocycles. The van der Waals surface area contributed by atoms with Crippen molar-refractivity contribution in [2.45, 2.75) is 15.8 Å². The first-order chi connectivity index (χ1) is 14.9. The first-order valence-corrected chi connectivity index (χ1v) is 12.7. The molecule has 11 heteroatoms. The lowest BCUT2D eigenvalue weighted by molar-refractivity contribution is -0.116. The third kappa shape index (κ3) is 6.62. The predicted molar refractivity (Wildman–Crippen MR) is 125 cm³/mol. The van der Waals surface area contributed by atoms with Gasteiger partial charge in [-0.25, -0.2) is 8.42 Å². The molecule has 0 aliphatic rings. The van der Waals surface area contributed by atoms with Crippen molar-refractivity contribution in [3.05, 3.63) is 77.8 Å². The fourth-order valence-corrected chi connectivity index (χ4v) is 5.58. The Morgan fingerprint density at radius 2 is 1.87 bits per heavy atom. The van der Waals surface area contributed by atoms with Gasteiger partial charge in [0.2, 0.25) is 21.1 Å². The zero-order valence-electron chi connectivity index (χ0n) is 16.3. The topological polar surface area (TPSA) is 92.3 Å². The molecule has 31 heavy (non-hydrogen) atoms. The normalized spacial score (nSPS) is 11.4. The van der Waals surface area contributed by atoms with Gasteiger partial charge in [0, 0.05) is 17.3 Å². The van der Waals surface area contributed by atoms with Crippen molar-refractivity contribution in [3.63, 3.8) is 0 Å². The Labute approximate surface area is 194 Å². The van der Waals surface area contributed by atoms with Gasteiger partial charge in [0.25, 0.3) is 0 Å². The van der Waals surface area contributed by atoms with E-state index >= 15 is 0 Å². The van der Waals surface area contributed by atoms with Crippen LogP contribution < -0.4 is 5.32 Å². The van der Waals surface area contributed by atoms with E-state index in [9.17, 15) is 13.2 Å². The van der Waals surface area contributed by atoms with Crippen molar-refractivity contribution < 1.29 is 13.2 Å². The molecule has 0 aliphatic carbocycles. The molecule has 0 saturated carbocycles. The number of anilines is 1. The lowest BCUT2D eigenvalue weighted by Gasteiger charge is -2.21. The maximum absolute atomic E-state index is 13.2. The summed E-state index contributed by atoms with van der Waals surface area (Å²) in [6.07, 6.45) is 1.74. The van der Waals surface area contributed by atoms with E-state index in [4.69, 9.17) is 11.6 Å². The van der Waals surface area contributed by atoms with Crippen LogP contribution in [0, 0.1) is 0 Å². The first-order valence-electron chi connectivity index (χ1n) is 9.05. The molecule has 3 rings (SSSR count). The number of halogens is 1. The number of nitrogens with zero attached hydrogens (tertiary/aromatic N) is 3. The molecular formula is C20H19ClN4O3S3. The van der Waals surface area contributed by atoms with E-state index in [2.05, 4.69) is 22.1 Å². The number of amides is 1. The van der Waals surface area contributed by atoms with Crippen LogP contribution in [0.3, 0.4) is 0 Å². The molecule has 3 aromatic rings. The molecule has 7 nitrogen and oxygen atoms in total. The minimum Gasteiger partial charge on any atom is -0.299 e. The molecule has 1 amide bonds. The molecule has 0 unspecified atom stereocenters. The highest BCUT2D eigenvalue weighted by molar-refractivity contribution is 8.01. The molecule has 0 fully saturated rings. The molecule has 0 radical (unpaired) electrons. The van der Waals surface area contributed by atoms with Crippen molar-refractivity contribution in [3.8, 4) is 0 Å². The lowest BCUT2D eigenvalue weighted by Crippen LogP contribution is -2.37. The van der Waals surface area contributed by atoms with Gasteiger partial charge in [-0.1, -0.05) is 71.1 Å². The van der Waals surface area contributed by atoms with Crippen LogP contribution in [-0.4, -0.2) is 41.1 Å². The lowest BCUT2D eigenvalue weighted by atomic mass is 10.2. The quantitative estimate of drug-likeness (QED) is 0.256. The van der Waals surface area contributed by atoms with E-state index in [0.717, 1.165) is 9.87 Å². The summed E-state index contributed by atoms with van der Waals surface area (Å²) in [7, 11) is -3.94. The summed E-state index contributed by atoms with van der Waals surface area (Å²) in [6, 6.07) is 14.9. The maximum atomic E-state index is 13.2. The van der Waals surface area contributed by atoms with Gasteiger partial charge in [0.1, 0.15) is 0 Å². The summed E-state index contributed by atoms with van der Waals surface area (Å²) in [5.74, 6) is 0.164. The largest absolute Gasteiger partial charge is 0.299 e. The van der Waals surface area contributed by atoms with Gasteiger partial charge in [-0.05, 0) is 29.8 Å². The van der Waals surface area contributed by atoms with Crippen molar-refractivity contribution in [2.24, 2.45) is 0 Å². The zero-order chi connectivity index (χ0) is 22.3. The Hall–Kier alpha value is -2.24. The number of hydrogen-bond acceptors (Lipinski definition) is 7. The van der Waals surface area contributed by atoms with E-state index < -0.39 is 15.9 Å². The predicted octanol–water partition coefficient (Wildman–Crippen LogP) is 4.30. The van der Waals surface area contributed by atoms with Crippen molar-refractivity contribution in [1.29, 1.82) is 0 Å². The van der Waals surface area contributed by atoms with Crippen molar-refractivity contribution in [1.82, 2.24) is 14.5 Å². The first kappa shape index (κ1) is 23.4. The number of carbonyl (C=O) groups is 1. The van der Waals surface area contributed by atoms with Crippen LogP contribution in [0.4, 0.5) is 5.13 Å². The number of rotatable bonds is 10. The molecule has 0 bridgehead atoms. The number of sulfonamides is 1. The number of nitrogens with one attached hydrogen (secondary N) is 1. The molecule has 1 heterocycles. The molecular weight excluding hydrogens is 476 g/mol. The second-order valence-corrected chi connectivity index (χ2v) is 10.9. The standard InChI is InChI=1S/C20H19ClN4O3S3/c1-2-12-29-20-24-23-19(30-20)22-18(26)14-25(13-15-6-4-3-5-7-15)31(27,28)17-10-8-16(21)9-11-17/h2-11H,1,12-14H2,(H,22,23,26). The second kappa shape index (κ2) is 10.9. The zero-order valence-corrected chi connectivity index (χ0v) is 19.5. The SMILES string of the molecule is C=CCSc1nnc(NC(=O)CN(Cc2ccccc2)S(=O)(=O)c2ccc(Cl)cc2)s1. The third-order valence-electron chi connectivity index (χ3n) is 3.95. The van der Waals surface area contributed by atoms with Crippen LogP contribution in [0.15, 0.2) is 76.5 Å². The summed E-state index contributed by atoms with van der Waals surface area (Å²) in [5, 5.41) is 11.3. The molecule has 0 aliphatic heterocycles. The van der Waals surface area contributed by atoms with Crippen LogP contribution in [-0.2, 0) is 21.4 Å². The van der Waals surface area contributed by atoms with Gasteiger partial charge in [0.15, 0.2) is 4.34 Å². The average molecular weight is 495 g/mol. The van der Waals surface area contributed by atoms with Crippen LogP contribution in [0.1, 0.15) is 5.56 Å². The molecule has 1 N–H and O–H groups in total. The van der Waals surface area contributed by atoms with Crippen LogP contribution in [0.2, 0.25) is 5.02 Å². The summed E-state index contributed by atoms with van der Waals surface area (Å²) in [6.45, 7) is 3.30. The van der Waals surface area contributed by atoms with Gasteiger partial charge in [-0.3, -0.25) is 10.1 Å². The average Bonchev–Trinajstić information content (AvgIpc) is 3.20. The van der Waals surface area contributed by atoms with E-state index in [1.54, 1.807) is 18.2 Å². The van der Waals surface area contributed by atoms with E-state index in [0.29, 0.717) is 20.2 Å². The fraction of sp³-hybridized carbons (Fsp3) is 0.150. The molecule has 162 valence electrons. The Kier molecular flexibility index (Phi) is 8.22. The van der Waals surface area contributed by atoms with Gasteiger partial charge in [-0.15, -0.1) is 16.8 Å². The molecule has 2 aromatic carbocycles. The number of thioether (sulfide) groups is 1. The summed E-state index contributed by atoms with van der Waals surface area (Å²) in [5.41, 5.74) is 0.756. The van der Waals surface area contributed by atoms with Gasteiger partial charge >= 0.3 is 0 Å². The van der Waals surface area contributed by atoms with Crippen LogP contribution in [0.5, 0.6) is 0 Å². The van der Waals surface area contributed by atoms with E-state index in [1.165, 1.54) is 47.4 Å². The van der Waals surface area contributed by atoms with E-state index in [1.807, 2.05) is 18.2 Å². The second-order valence-electron chi connectivity index (χ2n) is 6.23. The number of aromatic nitrogens is 2. The maximum Gasteiger partial charge on any atom is 0.243 e. The monoisotopic (exact) mass is 494 g/mol. The summed E-state index contributed by atoms with van der Waals surface area (Å²) >= 11 is 8.55. The van der Waals surface area contributed by atoms with Crippen LogP contribution in [0.25, 0.3) is 0 Å². The van der Waals surface area contributed by atoms with Crippen molar-refractivity contribution in [2.75, 3.05) is 17.6 Å². The Morgan fingerprint density at radius 1 is 1.16 bits per heavy atom. The highest BCUT2D eigenvalue weighted by atomic mass is 35.5. The minimum atomic E-state index is -3.94. The Balaban J connectivity index is 1.79. The van der Waals surface area contributed by atoms with Gasteiger partial charge in [0.05, 0.1) is 11.4 Å². The number of benzene rings is 2. The Morgan fingerprint density at radius 3 is 2.55 bits per heavy atom.